The standard InChI is InChI=1S/C33H41N7O4S/c1-21(2)16-31(41)34-26-17-27(30(44-7)18-29(26)39(5)14-13-38(3)4)36-33-35-25-12-15-45(42,43)20-24(25)32(37-33)23-19-40(6)28-11-9-8-10-22(23)28/h8-11,16-19H,12-15,20H2,1-7H3,(H,34,41)(H,35,36,37). The van der Waals surface area contributed by atoms with E-state index in [1.165, 1.54) is 0 Å². The summed E-state index contributed by atoms with van der Waals surface area (Å²) in [6.45, 7) is 5.28. The van der Waals surface area contributed by atoms with E-state index in [2.05, 4.69) is 20.4 Å². The smallest absolute Gasteiger partial charge is 0.248 e. The highest BCUT2D eigenvalue weighted by molar-refractivity contribution is 7.90. The monoisotopic (exact) mass is 631 g/mol. The average Bonchev–Trinajstić information content (AvgIpc) is 3.31. The minimum absolute atomic E-state index is 0.0310. The molecule has 238 valence electrons. The van der Waals surface area contributed by atoms with Gasteiger partial charge in [-0.15, -0.1) is 0 Å². The number of carbonyl (C=O) groups is 1. The number of anilines is 4. The van der Waals surface area contributed by atoms with E-state index in [0.717, 1.165) is 40.8 Å². The molecule has 1 amide bonds. The second-order valence-electron chi connectivity index (χ2n) is 12.0. The van der Waals surface area contributed by atoms with Gasteiger partial charge < -0.3 is 29.7 Å². The molecule has 2 aromatic heterocycles. The van der Waals surface area contributed by atoms with Crippen LogP contribution in [0, 0.1) is 0 Å². The molecule has 45 heavy (non-hydrogen) atoms. The number of aryl methyl sites for hydroxylation is 2. The van der Waals surface area contributed by atoms with Crippen LogP contribution in [0.3, 0.4) is 0 Å². The number of sulfone groups is 1. The van der Waals surface area contributed by atoms with Gasteiger partial charge in [-0.3, -0.25) is 4.79 Å². The number of hydrogen-bond acceptors (Lipinski definition) is 9. The van der Waals surface area contributed by atoms with Gasteiger partial charge in [0.2, 0.25) is 11.9 Å². The van der Waals surface area contributed by atoms with Gasteiger partial charge in [-0.05, 0) is 40.1 Å². The lowest BCUT2D eigenvalue weighted by Crippen LogP contribution is -2.29. The molecule has 12 heteroatoms. The number of amides is 1. The minimum atomic E-state index is -3.28. The lowest BCUT2D eigenvalue weighted by molar-refractivity contribution is -0.111. The van der Waals surface area contributed by atoms with Crippen molar-refractivity contribution in [3.63, 3.8) is 0 Å². The van der Waals surface area contributed by atoms with E-state index >= 15 is 0 Å². The van der Waals surface area contributed by atoms with Crippen molar-refractivity contribution in [3.8, 4) is 17.0 Å². The first kappa shape index (κ1) is 32.0. The number of ether oxygens (including phenoxy) is 1. The van der Waals surface area contributed by atoms with Gasteiger partial charge in [0, 0.05) is 74.0 Å². The maximum atomic E-state index is 12.9. The van der Waals surface area contributed by atoms with E-state index in [4.69, 9.17) is 14.7 Å². The number of methoxy groups -OCH3 is 1. The molecule has 0 bridgehead atoms. The van der Waals surface area contributed by atoms with Crippen LogP contribution in [0.25, 0.3) is 22.2 Å². The van der Waals surface area contributed by atoms with Crippen LogP contribution < -0.4 is 20.3 Å². The molecule has 11 nitrogen and oxygen atoms in total. The lowest BCUT2D eigenvalue weighted by Gasteiger charge is -2.26. The van der Waals surface area contributed by atoms with Crippen LogP contribution in [0.5, 0.6) is 5.75 Å². The normalized spacial score (nSPS) is 13.8. The highest BCUT2D eigenvalue weighted by Gasteiger charge is 2.29. The van der Waals surface area contributed by atoms with Crippen LogP contribution in [0.2, 0.25) is 0 Å². The molecule has 0 radical (unpaired) electrons. The van der Waals surface area contributed by atoms with Crippen LogP contribution in [-0.2, 0) is 33.9 Å². The van der Waals surface area contributed by atoms with E-state index in [1.54, 1.807) is 13.2 Å². The number of para-hydroxylation sites is 1. The van der Waals surface area contributed by atoms with Crippen molar-refractivity contribution in [1.82, 2.24) is 19.4 Å². The Bertz CT molecular complexity index is 1890. The molecule has 0 unspecified atom stereocenters. The summed E-state index contributed by atoms with van der Waals surface area (Å²) in [6, 6.07) is 11.7. The summed E-state index contributed by atoms with van der Waals surface area (Å²) >= 11 is 0. The second kappa shape index (κ2) is 12.9. The molecule has 4 aromatic rings. The number of hydrogen-bond donors (Lipinski definition) is 2. The summed E-state index contributed by atoms with van der Waals surface area (Å²) in [7, 11) is 6.26. The molecule has 0 atom stereocenters. The molecule has 1 aliphatic rings. The molecule has 1 aliphatic heterocycles. The van der Waals surface area contributed by atoms with E-state index in [-0.39, 0.29) is 17.4 Å². The number of fused-ring (bicyclic) bond motifs is 2. The van der Waals surface area contributed by atoms with E-state index < -0.39 is 9.84 Å². The van der Waals surface area contributed by atoms with Gasteiger partial charge in [0.15, 0.2) is 9.84 Å². The number of benzene rings is 2. The number of likely N-dealkylation sites (N-methyl/N-ethyl adjacent to an activating group) is 2. The number of aromatic nitrogens is 3. The quantitative estimate of drug-likeness (QED) is 0.239. The Kier molecular flexibility index (Phi) is 9.17. The highest BCUT2D eigenvalue weighted by atomic mass is 32.2. The number of nitrogens with zero attached hydrogens (tertiary/aromatic N) is 5. The number of rotatable bonds is 10. The Balaban J connectivity index is 1.63. The maximum Gasteiger partial charge on any atom is 0.248 e. The molecule has 0 spiro atoms. The summed E-state index contributed by atoms with van der Waals surface area (Å²) < 4.78 is 33.3. The van der Waals surface area contributed by atoms with Crippen molar-refractivity contribution < 1.29 is 17.9 Å². The molecule has 0 saturated heterocycles. The summed E-state index contributed by atoms with van der Waals surface area (Å²) in [6.07, 6.45) is 3.83. The van der Waals surface area contributed by atoms with Crippen LogP contribution in [0.15, 0.2) is 54.2 Å². The summed E-state index contributed by atoms with van der Waals surface area (Å²) in [5.74, 6) is 0.530. The van der Waals surface area contributed by atoms with Gasteiger partial charge in [-0.1, -0.05) is 23.8 Å². The van der Waals surface area contributed by atoms with E-state index in [9.17, 15) is 13.2 Å². The first-order chi connectivity index (χ1) is 21.3. The molecule has 3 heterocycles. The lowest BCUT2D eigenvalue weighted by atomic mass is 10.0. The molecule has 2 aromatic carbocycles. The Morgan fingerprint density at radius 3 is 2.56 bits per heavy atom. The zero-order valence-electron chi connectivity index (χ0n) is 26.9. The minimum Gasteiger partial charge on any atom is -0.494 e. The first-order valence-corrected chi connectivity index (χ1v) is 16.6. The van der Waals surface area contributed by atoms with Gasteiger partial charge in [-0.2, -0.15) is 0 Å². The van der Waals surface area contributed by atoms with Crippen molar-refractivity contribution in [2.45, 2.75) is 26.0 Å². The predicted octanol–water partition coefficient (Wildman–Crippen LogP) is 4.76. The Morgan fingerprint density at radius 2 is 1.84 bits per heavy atom. The first-order valence-electron chi connectivity index (χ1n) is 14.8. The van der Waals surface area contributed by atoms with E-state index in [1.807, 2.05) is 89.2 Å². The Hall–Kier alpha value is -4.42. The fourth-order valence-electron chi connectivity index (χ4n) is 5.52. The fraction of sp³-hybridized carbons (Fsp3) is 0.364. The van der Waals surface area contributed by atoms with Crippen LogP contribution in [-0.4, -0.2) is 80.9 Å². The van der Waals surface area contributed by atoms with Gasteiger partial charge in [0.1, 0.15) is 5.75 Å². The SMILES string of the molecule is COc1cc(N(C)CCN(C)C)c(NC(=O)C=C(C)C)cc1Nc1nc2c(c(-c3cn(C)c4ccccc34)n1)CS(=O)(=O)CC2. The molecule has 0 saturated carbocycles. The third-order valence-corrected chi connectivity index (χ3v) is 9.35. The fourth-order valence-corrected chi connectivity index (χ4v) is 6.91. The number of carbonyl (C=O) groups excluding carboxylic acids is 1. The van der Waals surface area contributed by atoms with Crippen molar-refractivity contribution >= 4 is 49.7 Å². The molecular formula is C33H41N7O4S. The number of allylic oxidation sites excluding steroid dienone is 1. The van der Waals surface area contributed by atoms with Gasteiger partial charge in [0.25, 0.3) is 0 Å². The summed E-state index contributed by atoms with van der Waals surface area (Å²) in [5, 5.41) is 7.34. The van der Waals surface area contributed by atoms with Gasteiger partial charge in [0.05, 0.1) is 47.1 Å². The predicted molar refractivity (Wildman–Crippen MR) is 181 cm³/mol. The van der Waals surface area contributed by atoms with Gasteiger partial charge >= 0.3 is 0 Å². The molecule has 5 rings (SSSR count). The van der Waals surface area contributed by atoms with Crippen LogP contribution >= 0.6 is 0 Å². The summed E-state index contributed by atoms with van der Waals surface area (Å²) in [4.78, 5) is 26.8. The van der Waals surface area contributed by atoms with Crippen molar-refractivity contribution in [2.24, 2.45) is 7.05 Å². The average molecular weight is 632 g/mol. The topological polar surface area (TPSA) is 122 Å². The summed E-state index contributed by atoms with van der Waals surface area (Å²) in [5.41, 5.74) is 6.59. The highest BCUT2D eigenvalue weighted by Crippen LogP contribution is 2.40. The second-order valence-corrected chi connectivity index (χ2v) is 14.1. The maximum absolute atomic E-state index is 12.9. The zero-order valence-corrected chi connectivity index (χ0v) is 27.7. The third kappa shape index (κ3) is 7.12. The van der Waals surface area contributed by atoms with Crippen molar-refractivity contribution in [3.05, 3.63) is 65.5 Å². The molecular weight excluding hydrogens is 590 g/mol. The van der Waals surface area contributed by atoms with E-state index in [0.29, 0.717) is 46.4 Å². The van der Waals surface area contributed by atoms with Crippen molar-refractivity contribution in [1.29, 1.82) is 0 Å². The van der Waals surface area contributed by atoms with Crippen LogP contribution in [0.4, 0.5) is 23.0 Å². The Labute approximate surface area is 264 Å². The zero-order chi connectivity index (χ0) is 32.5. The Morgan fingerprint density at radius 1 is 1.09 bits per heavy atom. The molecule has 2 N–H and O–H groups in total. The third-order valence-electron chi connectivity index (χ3n) is 7.79. The molecule has 0 aliphatic carbocycles. The number of nitrogens with one attached hydrogen (secondary N) is 2. The largest absolute Gasteiger partial charge is 0.494 e. The van der Waals surface area contributed by atoms with Crippen molar-refractivity contribution in [2.75, 3.05) is 62.6 Å². The van der Waals surface area contributed by atoms with Gasteiger partial charge in [-0.25, -0.2) is 18.4 Å². The van der Waals surface area contributed by atoms with Crippen LogP contribution in [0.1, 0.15) is 25.1 Å². The molecule has 0 fully saturated rings.